The highest BCUT2D eigenvalue weighted by atomic mass is 79.9. The Morgan fingerprint density at radius 1 is 0.950 bits per heavy atom. The number of halogens is 2. The van der Waals surface area contributed by atoms with Gasteiger partial charge in [0.15, 0.2) is 0 Å². The third kappa shape index (κ3) is 2.46. The number of benzene rings is 1. The number of nitrogens with zero attached hydrogens (tertiary/aromatic N) is 1. The SMILES string of the molecule is O=C1[C@H]2C[C@@H](Br)[C@@H](Br)C[C@@H]2C(=O)N1Cc1ccccc1. The summed E-state index contributed by atoms with van der Waals surface area (Å²) in [5, 5.41) is 0. The molecule has 0 spiro atoms. The number of hydrogen-bond donors (Lipinski definition) is 0. The van der Waals surface area contributed by atoms with Crippen molar-refractivity contribution in [1.82, 2.24) is 4.90 Å². The molecule has 0 unspecified atom stereocenters. The Labute approximate surface area is 135 Å². The van der Waals surface area contributed by atoms with E-state index in [4.69, 9.17) is 0 Å². The van der Waals surface area contributed by atoms with Gasteiger partial charge in [0, 0.05) is 9.65 Å². The van der Waals surface area contributed by atoms with Crippen molar-refractivity contribution in [2.45, 2.75) is 29.0 Å². The van der Waals surface area contributed by atoms with E-state index in [1.807, 2.05) is 30.3 Å². The number of carbonyl (C=O) groups excluding carboxylic acids is 2. The van der Waals surface area contributed by atoms with Crippen LogP contribution in [0.4, 0.5) is 0 Å². The van der Waals surface area contributed by atoms with Gasteiger partial charge in [-0.1, -0.05) is 62.2 Å². The van der Waals surface area contributed by atoms with Crippen molar-refractivity contribution in [3.63, 3.8) is 0 Å². The van der Waals surface area contributed by atoms with E-state index in [1.165, 1.54) is 4.90 Å². The zero-order chi connectivity index (χ0) is 14.3. The summed E-state index contributed by atoms with van der Waals surface area (Å²) in [7, 11) is 0. The average Bonchev–Trinajstić information content (AvgIpc) is 2.66. The van der Waals surface area contributed by atoms with Crippen LogP contribution in [0.1, 0.15) is 18.4 Å². The van der Waals surface area contributed by atoms with Crippen LogP contribution in [0.15, 0.2) is 30.3 Å². The Hall–Kier alpha value is -0.680. The molecule has 0 radical (unpaired) electrons. The number of imide groups is 1. The van der Waals surface area contributed by atoms with Crippen LogP contribution in [0.3, 0.4) is 0 Å². The number of rotatable bonds is 2. The summed E-state index contributed by atoms with van der Waals surface area (Å²) in [4.78, 5) is 26.9. The molecule has 106 valence electrons. The monoisotopic (exact) mass is 399 g/mol. The highest BCUT2D eigenvalue weighted by Gasteiger charge is 2.51. The summed E-state index contributed by atoms with van der Waals surface area (Å²) < 4.78 is 0. The van der Waals surface area contributed by atoms with Crippen LogP contribution in [0.25, 0.3) is 0 Å². The molecule has 3 nitrogen and oxygen atoms in total. The van der Waals surface area contributed by atoms with E-state index in [2.05, 4.69) is 31.9 Å². The second kappa shape index (κ2) is 5.60. The molecule has 2 fully saturated rings. The number of alkyl halides is 2. The fourth-order valence-corrected chi connectivity index (χ4v) is 4.32. The van der Waals surface area contributed by atoms with Crippen LogP contribution in [0, 0.1) is 11.8 Å². The molecule has 1 saturated carbocycles. The average molecular weight is 401 g/mol. The lowest BCUT2D eigenvalue weighted by atomic mass is 9.81. The lowest BCUT2D eigenvalue weighted by Crippen LogP contribution is -2.34. The normalized spacial score (nSPS) is 33.4. The largest absolute Gasteiger partial charge is 0.278 e. The predicted octanol–water partition coefficient (Wildman–Crippen LogP) is 3.11. The van der Waals surface area contributed by atoms with Gasteiger partial charge in [0.05, 0.1) is 18.4 Å². The first-order chi connectivity index (χ1) is 9.58. The number of fused-ring (bicyclic) bond motifs is 1. The quantitative estimate of drug-likeness (QED) is 0.565. The lowest BCUT2D eigenvalue weighted by molar-refractivity contribution is -0.140. The number of carbonyl (C=O) groups is 2. The van der Waals surface area contributed by atoms with E-state index >= 15 is 0 Å². The molecule has 5 heteroatoms. The van der Waals surface area contributed by atoms with E-state index in [0.717, 1.165) is 18.4 Å². The highest BCUT2D eigenvalue weighted by Crippen LogP contribution is 2.43. The molecule has 0 N–H and O–H groups in total. The van der Waals surface area contributed by atoms with Gasteiger partial charge in [-0.15, -0.1) is 0 Å². The van der Waals surface area contributed by atoms with Crippen LogP contribution in [0.2, 0.25) is 0 Å². The predicted molar refractivity (Wildman–Crippen MR) is 83.6 cm³/mol. The van der Waals surface area contributed by atoms with Crippen LogP contribution in [-0.4, -0.2) is 26.4 Å². The number of likely N-dealkylation sites (tertiary alicyclic amines) is 1. The fourth-order valence-electron chi connectivity index (χ4n) is 3.09. The van der Waals surface area contributed by atoms with Crippen molar-refractivity contribution in [3.05, 3.63) is 35.9 Å². The molecule has 4 atom stereocenters. The van der Waals surface area contributed by atoms with Crippen LogP contribution in [0.5, 0.6) is 0 Å². The minimum atomic E-state index is -0.149. The molecule has 1 aliphatic carbocycles. The van der Waals surface area contributed by atoms with Gasteiger partial charge in [-0.2, -0.15) is 0 Å². The van der Waals surface area contributed by atoms with E-state index in [9.17, 15) is 9.59 Å². The Morgan fingerprint density at radius 3 is 1.95 bits per heavy atom. The lowest BCUT2D eigenvalue weighted by Gasteiger charge is -2.29. The summed E-state index contributed by atoms with van der Waals surface area (Å²) >= 11 is 7.19. The summed E-state index contributed by atoms with van der Waals surface area (Å²) in [5.74, 6) is -0.311. The van der Waals surface area contributed by atoms with Crippen LogP contribution >= 0.6 is 31.9 Å². The second-order valence-corrected chi connectivity index (χ2v) is 7.82. The van der Waals surface area contributed by atoms with Crippen molar-refractivity contribution in [1.29, 1.82) is 0 Å². The summed E-state index contributed by atoms with van der Waals surface area (Å²) in [5.41, 5.74) is 0.999. The van der Waals surface area contributed by atoms with Gasteiger partial charge in [-0.25, -0.2) is 0 Å². The maximum atomic E-state index is 12.5. The standard InChI is InChI=1S/C15H15Br2NO2/c16-12-6-10-11(7-13(12)17)15(20)18(14(10)19)8-9-4-2-1-3-5-9/h1-5,10-13H,6-8H2/t10-,11-,12-,13+/m0/s1. The van der Waals surface area contributed by atoms with Crippen molar-refractivity contribution in [2.75, 3.05) is 0 Å². The highest BCUT2D eigenvalue weighted by molar-refractivity contribution is 9.12. The minimum Gasteiger partial charge on any atom is -0.278 e. The first-order valence-electron chi connectivity index (χ1n) is 6.75. The molecule has 2 aliphatic rings. The van der Waals surface area contributed by atoms with Gasteiger partial charge >= 0.3 is 0 Å². The second-order valence-electron chi connectivity index (χ2n) is 5.46. The zero-order valence-corrected chi connectivity index (χ0v) is 14.0. The van der Waals surface area contributed by atoms with E-state index in [0.29, 0.717) is 6.54 Å². The summed E-state index contributed by atoms with van der Waals surface area (Å²) in [6.45, 7) is 0.394. The summed E-state index contributed by atoms with van der Waals surface area (Å²) in [6.07, 6.45) is 1.47. The third-order valence-electron chi connectivity index (χ3n) is 4.19. The molecule has 1 aromatic rings. The molecule has 0 bridgehead atoms. The molecular formula is C15H15Br2NO2. The molecule has 20 heavy (non-hydrogen) atoms. The van der Waals surface area contributed by atoms with E-state index in [1.54, 1.807) is 0 Å². The van der Waals surface area contributed by atoms with Gasteiger partial charge < -0.3 is 0 Å². The third-order valence-corrected chi connectivity index (χ3v) is 6.92. The van der Waals surface area contributed by atoms with Crippen LogP contribution < -0.4 is 0 Å². The maximum Gasteiger partial charge on any atom is 0.233 e. The molecule has 1 heterocycles. The fraction of sp³-hybridized carbons (Fsp3) is 0.467. The Bertz CT molecular complexity index is 506. The van der Waals surface area contributed by atoms with Gasteiger partial charge in [0.1, 0.15) is 0 Å². The minimum absolute atomic E-state index is 0.00676. The Morgan fingerprint density at radius 2 is 1.45 bits per heavy atom. The molecule has 1 aromatic carbocycles. The van der Waals surface area contributed by atoms with E-state index in [-0.39, 0.29) is 33.3 Å². The molecule has 1 saturated heterocycles. The molecule has 2 amide bonds. The van der Waals surface area contributed by atoms with Crippen molar-refractivity contribution >= 4 is 43.7 Å². The molecule has 0 aromatic heterocycles. The molecule has 1 aliphatic heterocycles. The first kappa shape index (κ1) is 14.3. The van der Waals surface area contributed by atoms with Crippen molar-refractivity contribution in [3.8, 4) is 0 Å². The molecule has 3 rings (SSSR count). The summed E-state index contributed by atoms with van der Waals surface area (Å²) in [6, 6.07) is 9.68. The number of amides is 2. The Balaban J connectivity index is 1.80. The van der Waals surface area contributed by atoms with Gasteiger partial charge in [0.25, 0.3) is 0 Å². The van der Waals surface area contributed by atoms with Gasteiger partial charge in [-0.3, -0.25) is 14.5 Å². The smallest absolute Gasteiger partial charge is 0.233 e. The number of hydrogen-bond acceptors (Lipinski definition) is 2. The zero-order valence-electron chi connectivity index (χ0n) is 10.8. The van der Waals surface area contributed by atoms with Gasteiger partial charge in [0.2, 0.25) is 11.8 Å². The first-order valence-corrected chi connectivity index (χ1v) is 8.58. The molecular weight excluding hydrogens is 386 g/mol. The van der Waals surface area contributed by atoms with Crippen molar-refractivity contribution < 1.29 is 9.59 Å². The Kier molecular flexibility index (Phi) is 4.00. The van der Waals surface area contributed by atoms with Crippen LogP contribution in [-0.2, 0) is 16.1 Å². The van der Waals surface area contributed by atoms with Crippen molar-refractivity contribution in [2.24, 2.45) is 11.8 Å². The van der Waals surface area contributed by atoms with E-state index < -0.39 is 0 Å². The maximum absolute atomic E-state index is 12.5. The van der Waals surface area contributed by atoms with Gasteiger partial charge in [-0.05, 0) is 18.4 Å². The topological polar surface area (TPSA) is 37.4 Å².